The number of primary sulfonamides is 1. The molecular weight excluding hydrogens is 541 g/mol. The molecule has 194 valence electrons. The molecule has 9 nitrogen and oxygen atoms in total. The zero-order chi connectivity index (χ0) is 26.6. The average Bonchev–Trinajstić information content (AvgIpc) is 3.29. The zero-order valence-electron chi connectivity index (χ0n) is 19.3. The van der Waals surface area contributed by atoms with Gasteiger partial charge in [-0.15, -0.1) is 0 Å². The van der Waals surface area contributed by atoms with Gasteiger partial charge < -0.3 is 0 Å². The fourth-order valence-corrected chi connectivity index (χ4v) is 5.19. The maximum absolute atomic E-state index is 13.4. The molecule has 0 bridgehead atoms. The van der Waals surface area contributed by atoms with Crippen molar-refractivity contribution >= 4 is 43.3 Å². The largest absolute Gasteiger partial charge is 0.264 e. The summed E-state index contributed by atoms with van der Waals surface area (Å²) in [5, 5.41) is 11.7. The van der Waals surface area contributed by atoms with Gasteiger partial charge in [-0.3, -0.25) is 0 Å². The van der Waals surface area contributed by atoms with Crippen LogP contribution >= 0.6 is 11.6 Å². The third-order valence-electron chi connectivity index (χ3n) is 5.49. The first-order valence-electron chi connectivity index (χ1n) is 11.0. The van der Waals surface area contributed by atoms with E-state index in [9.17, 15) is 21.2 Å². The molecule has 1 aliphatic heterocycles. The molecule has 0 unspecified atom stereocenters. The molecule has 1 heterocycles. The van der Waals surface area contributed by atoms with Crippen molar-refractivity contribution in [1.82, 2.24) is 9.73 Å². The number of rotatable bonds is 7. The zero-order valence-corrected chi connectivity index (χ0v) is 21.7. The number of nitrogens with zero attached hydrogens (tertiary/aromatic N) is 3. The van der Waals surface area contributed by atoms with Crippen molar-refractivity contribution in [3.05, 3.63) is 101 Å². The van der Waals surface area contributed by atoms with E-state index in [0.717, 1.165) is 35.4 Å². The van der Waals surface area contributed by atoms with E-state index >= 15 is 0 Å². The Morgan fingerprint density at radius 1 is 1.03 bits per heavy atom. The van der Waals surface area contributed by atoms with Gasteiger partial charge in [0, 0.05) is 10.9 Å². The molecule has 0 saturated heterocycles. The van der Waals surface area contributed by atoms with Crippen molar-refractivity contribution in [2.24, 2.45) is 15.2 Å². The highest BCUT2D eigenvalue weighted by Crippen LogP contribution is 2.29. The number of guanidine groups is 1. The highest BCUT2D eigenvalue weighted by atomic mass is 35.5. The van der Waals surface area contributed by atoms with Crippen LogP contribution in [0.1, 0.15) is 17.0 Å². The van der Waals surface area contributed by atoms with Gasteiger partial charge in [0.05, 0.1) is 29.4 Å². The van der Waals surface area contributed by atoms with Gasteiger partial charge in [0.15, 0.2) is 0 Å². The summed E-state index contributed by atoms with van der Waals surface area (Å²) in [7, 11) is -8.05. The lowest BCUT2D eigenvalue weighted by Gasteiger charge is -2.20. The van der Waals surface area contributed by atoms with Gasteiger partial charge in [0.2, 0.25) is 16.0 Å². The molecule has 0 aromatic heterocycles. The molecule has 0 saturated carbocycles. The first kappa shape index (κ1) is 26.7. The second kappa shape index (κ2) is 11.0. The standard InChI is InChI=1S/C24H23ClFN5O4S2/c25-19-8-6-18(7-9-19)23-22(17-4-2-1-3-5-17)16-31(29-23)24(28-14-15-36(27,32)33)30-37(34,35)21-12-10-20(26)11-13-21/h1-13,22H,14-16H2,(H,28,30)(H2,27,32,33)/t22-/m0/s1. The molecule has 4 rings (SSSR count). The first-order valence-corrected chi connectivity index (χ1v) is 14.6. The summed E-state index contributed by atoms with van der Waals surface area (Å²) in [5.41, 5.74) is 2.35. The summed E-state index contributed by atoms with van der Waals surface area (Å²) in [6, 6.07) is 20.8. The smallest absolute Gasteiger partial charge is 0.250 e. The molecule has 0 radical (unpaired) electrons. The number of nitrogens with one attached hydrogen (secondary N) is 1. The quantitative estimate of drug-likeness (QED) is 0.337. The van der Waals surface area contributed by atoms with E-state index in [-0.39, 0.29) is 29.9 Å². The number of hydrazone groups is 1. The molecule has 1 aliphatic rings. The normalized spacial score (nSPS) is 16.5. The molecule has 0 fully saturated rings. The predicted octanol–water partition coefficient (Wildman–Crippen LogP) is 2.91. The van der Waals surface area contributed by atoms with Gasteiger partial charge in [-0.1, -0.05) is 54.1 Å². The number of nitrogens with two attached hydrogens (primary N) is 1. The highest BCUT2D eigenvalue weighted by molar-refractivity contribution is 7.90. The Balaban J connectivity index is 1.73. The van der Waals surface area contributed by atoms with Gasteiger partial charge >= 0.3 is 0 Å². The summed E-state index contributed by atoms with van der Waals surface area (Å²) < 4.78 is 64.8. The van der Waals surface area contributed by atoms with Gasteiger partial charge in [-0.2, -0.15) is 5.10 Å². The summed E-state index contributed by atoms with van der Waals surface area (Å²) in [5.74, 6) is -1.55. The van der Waals surface area contributed by atoms with Crippen LogP contribution in [0.3, 0.4) is 0 Å². The fraction of sp³-hybridized carbons (Fsp3) is 0.167. The van der Waals surface area contributed by atoms with Crippen molar-refractivity contribution < 1.29 is 21.2 Å². The minimum absolute atomic E-state index is 0.196. The number of hydrogen-bond acceptors (Lipinski definition) is 6. The third kappa shape index (κ3) is 6.92. The van der Waals surface area contributed by atoms with E-state index in [1.54, 1.807) is 24.3 Å². The molecule has 3 N–H and O–H groups in total. The maximum atomic E-state index is 13.4. The highest BCUT2D eigenvalue weighted by Gasteiger charge is 2.33. The van der Waals surface area contributed by atoms with Crippen molar-refractivity contribution in [1.29, 1.82) is 0 Å². The van der Waals surface area contributed by atoms with Crippen molar-refractivity contribution in [3.63, 3.8) is 0 Å². The molecule has 3 aromatic rings. The monoisotopic (exact) mass is 563 g/mol. The van der Waals surface area contributed by atoms with Crippen LogP contribution in [0.25, 0.3) is 0 Å². The topological polar surface area (TPSA) is 134 Å². The average molecular weight is 564 g/mol. The molecule has 0 aliphatic carbocycles. The van der Waals surface area contributed by atoms with E-state index in [1.807, 2.05) is 30.3 Å². The third-order valence-corrected chi connectivity index (χ3v) is 7.84. The van der Waals surface area contributed by atoms with Gasteiger partial charge in [-0.25, -0.2) is 41.1 Å². The first-order chi connectivity index (χ1) is 17.5. The lowest BCUT2D eigenvalue weighted by molar-refractivity contribution is 0.461. The summed E-state index contributed by atoms with van der Waals surface area (Å²) >= 11 is 6.06. The summed E-state index contributed by atoms with van der Waals surface area (Å²) in [6.45, 7) is -0.0967. The molecular formula is C24H23ClFN5O4S2. The van der Waals surface area contributed by atoms with E-state index in [2.05, 4.69) is 14.8 Å². The van der Waals surface area contributed by atoms with Crippen molar-refractivity contribution in [2.75, 3.05) is 18.8 Å². The van der Waals surface area contributed by atoms with Crippen LogP contribution in [0.4, 0.5) is 4.39 Å². The number of sulfonamides is 2. The fourth-order valence-electron chi connectivity index (χ4n) is 3.70. The molecule has 1 atom stereocenters. The van der Waals surface area contributed by atoms with Crippen LogP contribution in [0.15, 0.2) is 93.9 Å². The Kier molecular flexibility index (Phi) is 7.93. The molecule has 0 spiro atoms. The lowest BCUT2D eigenvalue weighted by atomic mass is 9.91. The van der Waals surface area contributed by atoms with E-state index in [0.29, 0.717) is 10.7 Å². The van der Waals surface area contributed by atoms with E-state index < -0.39 is 31.6 Å². The van der Waals surface area contributed by atoms with Crippen molar-refractivity contribution in [3.8, 4) is 0 Å². The second-order valence-corrected chi connectivity index (χ2v) is 12.0. The van der Waals surface area contributed by atoms with Crippen molar-refractivity contribution in [2.45, 2.75) is 10.8 Å². The Morgan fingerprint density at radius 3 is 2.30 bits per heavy atom. The summed E-state index contributed by atoms with van der Waals surface area (Å²) in [6.07, 6.45) is 0. The minimum Gasteiger partial charge on any atom is -0.250 e. The Hall–Kier alpha value is -3.32. The van der Waals surface area contributed by atoms with Crippen LogP contribution in [0, 0.1) is 5.82 Å². The van der Waals surface area contributed by atoms with Gasteiger partial charge in [0.25, 0.3) is 10.0 Å². The van der Waals surface area contributed by atoms with E-state index in [4.69, 9.17) is 16.7 Å². The van der Waals surface area contributed by atoms with Crippen LogP contribution in [-0.4, -0.2) is 52.4 Å². The van der Waals surface area contributed by atoms with E-state index in [1.165, 1.54) is 5.01 Å². The second-order valence-electron chi connectivity index (χ2n) is 8.17. The van der Waals surface area contributed by atoms with Gasteiger partial charge in [0.1, 0.15) is 5.82 Å². The number of benzene rings is 3. The molecule has 0 amide bonds. The molecule has 37 heavy (non-hydrogen) atoms. The Bertz CT molecular complexity index is 1530. The Labute approximate surface area is 219 Å². The SMILES string of the molecule is NS(=O)(=O)CCN=C(NS(=O)(=O)c1ccc(F)cc1)N1C[C@@H](c2ccccc2)C(c2ccc(Cl)cc2)=N1. The summed E-state index contributed by atoms with van der Waals surface area (Å²) in [4.78, 5) is 3.98. The predicted molar refractivity (Wildman–Crippen MR) is 141 cm³/mol. The van der Waals surface area contributed by atoms with Crippen LogP contribution in [0.5, 0.6) is 0 Å². The number of hydrogen-bond donors (Lipinski definition) is 2. The minimum atomic E-state index is -4.21. The number of halogens is 2. The van der Waals surface area contributed by atoms with Crippen LogP contribution < -0.4 is 9.86 Å². The molecule has 13 heteroatoms. The van der Waals surface area contributed by atoms with Gasteiger partial charge in [-0.05, 0) is 47.5 Å². The number of aliphatic imine (C=N–C) groups is 1. The van der Waals surface area contributed by atoms with Crippen LogP contribution in [0.2, 0.25) is 5.02 Å². The molecule has 3 aromatic carbocycles. The maximum Gasteiger partial charge on any atom is 0.264 e. The van der Waals surface area contributed by atoms with Crippen LogP contribution in [-0.2, 0) is 20.0 Å². The lowest BCUT2D eigenvalue weighted by Crippen LogP contribution is -2.41. The Morgan fingerprint density at radius 2 is 1.68 bits per heavy atom.